The van der Waals surface area contributed by atoms with Gasteiger partial charge in [0.2, 0.25) is 0 Å². The van der Waals surface area contributed by atoms with Gasteiger partial charge in [-0.05, 0) is 13.8 Å². The lowest BCUT2D eigenvalue weighted by atomic mass is 10.1. The second kappa shape index (κ2) is 2.69. The van der Waals surface area contributed by atoms with E-state index in [0.717, 1.165) is 0 Å². The van der Waals surface area contributed by atoms with Gasteiger partial charge in [-0.3, -0.25) is 0 Å². The Labute approximate surface area is 85.2 Å². The van der Waals surface area contributed by atoms with E-state index in [1.54, 1.807) is 0 Å². The summed E-state index contributed by atoms with van der Waals surface area (Å²) in [6.45, 7) is 2.05. The maximum absolute atomic E-state index is 11.3. The summed E-state index contributed by atoms with van der Waals surface area (Å²) < 4.78 is 14.5. The molecule has 3 atom stereocenters. The van der Waals surface area contributed by atoms with Crippen molar-refractivity contribution in [1.29, 1.82) is 0 Å². The fraction of sp³-hybridized carbons (Fsp3) is 0.875. The third-order valence-electron chi connectivity index (χ3n) is 2.36. The molecule has 7 nitrogen and oxygen atoms in total. The maximum Gasteiger partial charge on any atom is 0.372 e. The van der Waals surface area contributed by atoms with Crippen molar-refractivity contribution in [2.45, 2.75) is 37.3 Å². The first-order valence-corrected chi connectivity index (χ1v) is 4.40. The van der Waals surface area contributed by atoms with Crippen LogP contribution in [0.5, 0.6) is 0 Å². The molecule has 3 N–H and O–H groups in total. The summed E-state index contributed by atoms with van der Waals surface area (Å²) in [5.74, 6) is -7.03. The first-order valence-electron chi connectivity index (χ1n) is 4.40. The Bertz CT molecular complexity index is 314. The van der Waals surface area contributed by atoms with Gasteiger partial charge in [-0.15, -0.1) is 0 Å². The normalized spacial score (nSPS) is 47.8. The SMILES string of the molecule is CC1(C)O[C@@H]2[C@@](O)(CO)OC(=O)[C@]2(O)O1. The van der Waals surface area contributed by atoms with Crippen LogP contribution in [-0.4, -0.2) is 51.4 Å². The lowest BCUT2D eigenvalue weighted by molar-refractivity contribution is -0.267. The Balaban J connectivity index is 2.40. The number of cyclic esters (lactones) is 1. The van der Waals surface area contributed by atoms with E-state index in [4.69, 9.17) is 14.6 Å². The van der Waals surface area contributed by atoms with Crippen molar-refractivity contribution in [2.24, 2.45) is 0 Å². The van der Waals surface area contributed by atoms with Crippen LogP contribution in [0, 0.1) is 0 Å². The van der Waals surface area contributed by atoms with Crippen molar-refractivity contribution in [3.8, 4) is 0 Å². The van der Waals surface area contributed by atoms with Gasteiger partial charge < -0.3 is 29.5 Å². The lowest BCUT2D eigenvalue weighted by Crippen LogP contribution is -2.50. The highest BCUT2D eigenvalue weighted by molar-refractivity contribution is 5.82. The van der Waals surface area contributed by atoms with E-state index in [-0.39, 0.29) is 0 Å². The largest absolute Gasteiger partial charge is 0.423 e. The molecule has 2 aliphatic heterocycles. The van der Waals surface area contributed by atoms with Crippen molar-refractivity contribution in [2.75, 3.05) is 6.61 Å². The number of rotatable bonds is 1. The van der Waals surface area contributed by atoms with E-state index in [1.807, 2.05) is 0 Å². The molecule has 7 heteroatoms. The topological polar surface area (TPSA) is 105 Å². The number of aliphatic hydroxyl groups excluding tert-OH is 1. The van der Waals surface area contributed by atoms with Gasteiger partial charge in [0, 0.05) is 0 Å². The summed E-state index contributed by atoms with van der Waals surface area (Å²) >= 11 is 0. The molecular formula is C8H12O7. The van der Waals surface area contributed by atoms with Crippen LogP contribution in [-0.2, 0) is 19.0 Å². The van der Waals surface area contributed by atoms with Crippen LogP contribution >= 0.6 is 0 Å². The summed E-state index contributed by atoms with van der Waals surface area (Å²) in [6, 6.07) is 0. The van der Waals surface area contributed by atoms with Gasteiger partial charge in [-0.2, -0.15) is 0 Å². The highest BCUT2D eigenvalue weighted by Gasteiger charge is 2.73. The van der Waals surface area contributed by atoms with Crippen molar-refractivity contribution in [3.05, 3.63) is 0 Å². The third-order valence-corrected chi connectivity index (χ3v) is 2.36. The van der Waals surface area contributed by atoms with Gasteiger partial charge in [0.25, 0.3) is 5.79 Å². The molecule has 0 bridgehead atoms. The van der Waals surface area contributed by atoms with Gasteiger partial charge >= 0.3 is 11.8 Å². The van der Waals surface area contributed by atoms with Crippen LogP contribution in [0.4, 0.5) is 0 Å². The minimum absolute atomic E-state index is 0.884. The number of hydrogen-bond donors (Lipinski definition) is 3. The average Bonchev–Trinajstić information content (AvgIpc) is 2.45. The molecular weight excluding hydrogens is 208 g/mol. The molecule has 2 rings (SSSR count). The van der Waals surface area contributed by atoms with Crippen molar-refractivity contribution >= 4 is 5.97 Å². The van der Waals surface area contributed by atoms with Crippen LogP contribution in [0.25, 0.3) is 0 Å². The Morgan fingerprint density at radius 3 is 2.53 bits per heavy atom. The molecule has 2 saturated heterocycles. The Morgan fingerprint density at radius 1 is 1.40 bits per heavy atom. The van der Waals surface area contributed by atoms with E-state index < -0.39 is 36.0 Å². The highest BCUT2D eigenvalue weighted by Crippen LogP contribution is 2.45. The zero-order valence-electron chi connectivity index (χ0n) is 8.26. The molecule has 0 saturated carbocycles. The minimum Gasteiger partial charge on any atom is -0.423 e. The molecule has 86 valence electrons. The van der Waals surface area contributed by atoms with E-state index in [2.05, 4.69) is 4.74 Å². The fourth-order valence-electron chi connectivity index (χ4n) is 1.76. The van der Waals surface area contributed by atoms with Crippen molar-refractivity contribution in [3.63, 3.8) is 0 Å². The summed E-state index contributed by atoms with van der Waals surface area (Å²) in [4.78, 5) is 11.3. The van der Waals surface area contributed by atoms with Crippen LogP contribution in [0.3, 0.4) is 0 Å². The van der Waals surface area contributed by atoms with Gasteiger partial charge in [-0.1, -0.05) is 0 Å². The number of carbonyl (C=O) groups excluding carboxylic acids is 1. The number of aliphatic hydroxyl groups is 3. The van der Waals surface area contributed by atoms with Gasteiger partial charge in [0.15, 0.2) is 11.9 Å². The van der Waals surface area contributed by atoms with Crippen LogP contribution in [0.15, 0.2) is 0 Å². The smallest absolute Gasteiger partial charge is 0.372 e. The van der Waals surface area contributed by atoms with Crippen LogP contribution < -0.4 is 0 Å². The first kappa shape index (κ1) is 10.8. The van der Waals surface area contributed by atoms with E-state index >= 15 is 0 Å². The maximum atomic E-state index is 11.3. The minimum atomic E-state index is -2.36. The summed E-state index contributed by atoms with van der Waals surface area (Å²) in [5, 5.41) is 28.4. The predicted molar refractivity (Wildman–Crippen MR) is 43.1 cm³/mol. The molecule has 0 radical (unpaired) electrons. The van der Waals surface area contributed by atoms with Gasteiger partial charge in [0.05, 0.1) is 0 Å². The average molecular weight is 220 g/mol. The quantitative estimate of drug-likeness (QED) is 0.441. The number of ether oxygens (including phenoxy) is 3. The van der Waals surface area contributed by atoms with Crippen LogP contribution in [0.1, 0.15) is 13.8 Å². The Hall–Kier alpha value is -0.730. The Morgan fingerprint density at radius 2 is 2.00 bits per heavy atom. The molecule has 0 aromatic heterocycles. The van der Waals surface area contributed by atoms with Crippen LogP contribution in [0.2, 0.25) is 0 Å². The molecule has 15 heavy (non-hydrogen) atoms. The summed E-state index contributed by atoms with van der Waals surface area (Å²) in [5.41, 5.74) is 0. The van der Waals surface area contributed by atoms with E-state index in [9.17, 15) is 15.0 Å². The molecule has 0 amide bonds. The molecule has 0 spiro atoms. The molecule has 0 aromatic rings. The van der Waals surface area contributed by atoms with Crippen molar-refractivity contribution in [1.82, 2.24) is 0 Å². The standard InChI is InChI=1S/C8H12O7/c1-6(2)13-4-7(11,3-9)14-5(10)8(4,12)15-6/h4,9,11-12H,3H2,1-2H3/t4-,7-,8-/m1/s1. The zero-order chi connectivity index (χ0) is 11.5. The van der Waals surface area contributed by atoms with Gasteiger partial charge in [-0.25, -0.2) is 4.79 Å². The van der Waals surface area contributed by atoms with E-state index in [0.29, 0.717) is 0 Å². The lowest BCUT2D eigenvalue weighted by Gasteiger charge is -2.25. The second-order valence-corrected chi connectivity index (χ2v) is 4.09. The fourth-order valence-corrected chi connectivity index (χ4v) is 1.76. The Kier molecular flexibility index (Phi) is 1.93. The predicted octanol–water partition coefficient (Wildman–Crippen LogP) is -1.94. The molecule has 2 aliphatic rings. The van der Waals surface area contributed by atoms with Gasteiger partial charge in [0.1, 0.15) is 6.61 Å². The summed E-state index contributed by atoms with van der Waals surface area (Å²) in [6.07, 6.45) is -1.46. The number of fused-ring (bicyclic) bond motifs is 1. The molecule has 0 aliphatic carbocycles. The third kappa shape index (κ3) is 1.28. The number of carbonyl (C=O) groups is 1. The number of hydrogen-bond acceptors (Lipinski definition) is 7. The second-order valence-electron chi connectivity index (χ2n) is 4.09. The summed E-state index contributed by atoms with van der Waals surface area (Å²) in [7, 11) is 0. The molecule has 0 unspecified atom stereocenters. The molecule has 2 fully saturated rings. The highest BCUT2D eigenvalue weighted by atomic mass is 16.9. The first-order chi connectivity index (χ1) is 6.73. The number of esters is 1. The van der Waals surface area contributed by atoms with E-state index in [1.165, 1.54) is 13.8 Å². The zero-order valence-corrected chi connectivity index (χ0v) is 8.26. The van der Waals surface area contributed by atoms with Crippen molar-refractivity contribution < 1.29 is 34.3 Å². The molecule has 0 aromatic carbocycles. The molecule has 2 heterocycles. The monoisotopic (exact) mass is 220 g/mol.